The lowest BCUT2D eigenvalue weighted by Crippen LogP contribution is -2.48. The Balaban J connectivity index is 1.93. The van der Waals surface area contributed by atoms with Crippen molar-refractivity contribution in [2.24, 2.45) is 0 Å². The number of pyridine rings is 1. The highest BCUT2D eigenvalue weighted by Gasteiger charge is 2.37. The van der Waals surface area contributed by atoms with Gasteiger partial charge in [0.2, 0.25) is 0 Å². The van der Waals surface area contributed by atoms with Crippen LogP contribution in [0.15, 0.2) is 18.3 Å². The molecule has 2 heterocycles. The molecule has 0 aromatic carbocycles. The number of hydrogen-bond acceptors (Lipinski definition) is 4. The third kappa shape index (κ3) is 4.20. The van der Waals surface area contributed by atoms with Crippen LogP contribution in [0.3, 0.4) is 0 Å². The molecule has 1 saturated carbocycles. The Labute approximate surface area is 157 Å². The van der Waals surface area contributed by atoms with Gasteiger partial charge in [0.1, 0.15) is 11.4 Å². The molecule has 0 bridgehead atoms. The molecule has 5 nitrogen and oxygen atoms in total. The lowest BCUT2D eigenvalue weighted by molar-refractivity contribution is 0.0547. The smallest absolute Gasteiger partial charge is 0.416 e. The minimum atomic E-state index is -0.504. The van der Waals surface area contributed by atoms with Crippen LogP contribution >= 0.6 is 0 Å². The Hall–Kier alpha value is -1.62. The van der Waals surface area contributed by atoms with Gasteiger partial charge in [-0.15, -0.1) is 0 Å². The standard InChI is InChI=1S/C21H33N3O2/c1-5-14-23-15-8-12-18(23)17-11-7-13-22-19(17)24(16-9-6-10-16)20(25)26-21(2,3)4/h7,11,13,16,18H,5-6,8-10,12,14-15H2,1-4H3/t18-/m1/s1. The molecule has 0 spiro atoms. The van der Waals surface area contributed by atoms with E-state index in [1.165, 1.54) is 12.0 Å². The SMILES string of the molecule is CCCN1CCC[C@@H]1c1cccnc1N(C(=O)OC(C)(C)C)C1CCC1. The first kappa shape index (κ1) is 19.2. The van der Waals surface area contributed by atoms with Crippen LogP contribution in [0.5, 0.6) is 0 Å². The molecule has 1 aromatic heterocycles. The van der Waals surface area contributed by atoms with Gasteiger partial charge in [0.25, 0.3) is 0 Å². The van der Waals surface area contributed by atoms with E-state index in [-0.39, 0.29) is 12.1 Å². The van der Waals surface area contributed by atoms with Gasteiger partial charge in [0.15, 0.2) is 0 Å². The monoisotopic (exact) mass is 359 g/mol. The van der Waals surface area contributed by atoms with E-state index in [9.17, 15) is 4.79 Å². The largest absolute Gasteiger partial charge is 0.443 e. The first-order valence-corrected chi connectivity index (χ1v) is 10.1. The van der Waals surface area contributed by atoms with Gasteiger partial charge < -0.3 is 4.74 Å². The average Bonchev–Trinajstić information content (AvgIpc) is 2.97. The molecule has 1 amide bonds. The summed E-state index contributed by atoms with van der Waals surface area (Å²) < 4.78 is 5.74. The summed E-state index contributed by atoms with van der Waals surface area (Å²) >= 11 is 0. The zero-order valence-electron chi connectivity index (χ0n) is 16.7. The van der Waals surface area contributed by atoms with Crippen molar-refractivity contribution < 1.29 is 9.53 Å². The lowest BCUT2D eigenvalue weighted by Gasteiger charge is -2.39. The van der Waals surface area contributed by atoms with Gasteiger partial charge in [-0.2, -0.15) is 0 Å². The molecule has 2 aliphatic rings. The van der Waals surface area contributed by atoms with Crippen LogP contribution in [-0.4, -0.2) is 40.7 Å². The maximum atomic E-state index is 13.0. The molecular weight excluding hydrogens is 326 g/mol. The van der Waals surface area contributed by atoms with Crippen molar-refractivity contribution in [1.82, 2.24) is 9.88 Å². The Bertz CT molecular complexity index is 622. The summed E-state index contributed by atoms with van der Waals surface area (Å²) in [5.74, 6) is 0.805. The third-order valence-electron chi connectivity index (χ3n) is 5.31. The maximum absolute atomic E-state index is 13.0. The van der Waals surface area contributed by atoms with Gasteiger partial charge >= 0.3 is 6.09 Å². The number of nitrogens with zero attached hydrogens (tertiary/aromatic N) is 3. The Morgan fingerprint density at radius 1 is 1.31 bits per heavy atom. The minimum Gasteiger partial charge on any atom is -0.443 e. The van der Waals surface area contributed by atoms with Crippen LogP contribution in [-0.2, 0) is 4.74 Å². The van der Waals surface area contributed by atoms with Crippen molar-refractivity contribution >= 4 is 11.9 Å². The summed E-state index contributed by atoms with van der Waals surface area (Å²) in [5, 5.41) is 0. The molecular formula is C21H33N3O2. The average molecular weight is 360 g/mol. The maximum Gasteiger partial charge on any atom is 0.416 e. The molecule has 2 fully saturated rings. The van der Waals surface area contributed by atoms with E-state index in [0.29, 0.717) is 6.04 Å². The van der Waals surface area contributed by atoms with Crippen LogP contribution in [0.2, 0.25) is 0 Å². The molecule has 0 N–H and O–H groups in total. The van der Waals surface area contributed by atoms with Crippen LogP contribution in [0, 0.1) is 0 Å². The normalized spacial score (nSPS) is 21.5. The molecule has 26 heavy (non-hydrogen) atoms. The number of amides is 1. The van der Waals surface area contributed by atoms with Crippen molar-refractivity contribution in [2.45, 2.75) is 83.9 Å². The first-order chi connectivity index (χ1) is 12.4. The second kappa shape index (κ2) is 7.95. The number of carbonyl (C=O) groups excluding carboxylic acids is 1. The van der Waals surface area contributed by atoms with E-state index in [1.807, 2.05) is 31.7 Å². The van der Waals surface area contributed by atoms with Crippen molar-refractivity contribution in [2.75, 3.05) is 18.0 Å². The number of anilines is 1. The zero-order valence-corrected chi connectivity index (χ0v) is 16.7. The van der Waals surface area contributed by atoms with Gasteiger partial charge in [-0.3, -0.25) is 9.80 Å². The first-order valence-electron chi connectivity index (χ1n) is 10.1. The highest BCUT2D eigenvalue weighted by molar-refractivity contribution is 5.88. The van der Waals surface area contributed by atoms with Crippen LogP contribution in [0.4, 0.5) is 10.6 Å². The Morgan fingerprint density at radius 2 is 2.08 bits per heavy atom. The van der Waals surface area contributed by atoms with Crippen LogP contribution < -0.4 is 4.90 Å². The fourth-order valence-corrected chi connectivity index (χ4v) is 3.97. The molecule has 1 saturated heterocycles. The molecule has 0 unspecified atom stereocenters. The third-order valence-corrected chi connectivity index (χ3v) is 5.31. The molecule has 144 valence electrons. The Kier molecular flexibility index (Phi) is 5.86. The summed E-state index contributed by atoms with van der Waals surface area (Å²) in [4.78, 5) is 22.1. The predicted octanol–water partition coefficient (Wildman–Crippen LogP) is 4.92. The molecule has 1 aliphatic heterocycles. The van der Waals surface area contributed by atoms with Gasteiger partial charge in [0, 0.05) is 23.8 Å². The number of aromatic nitrogens is 1. The predicted molar refractivity (Wildman–Crippen MR) is 104 cm³/mol. The summed E-state index contributed by atoms with van der Waals surface area (Å²) in [6.07, 6.45) is 8.23. The van der Waals surface area contributed by atoms with Gasteiger partial charge in [0.05, 0.1) is 0 Å². The van der Waals surface area contributed by atoms with Crippen LogP contribution in [0.1, 0.15) is 77.8 Å². The second-order valence-corrected chi connectivity index (χ2v) is 8.55. The van der Waals surface area contributed by atoms with E-state index in [2.05, 4.69) is 22.9 Å². The number of likely N-dealkylation sites (tertiary alicyclic amines) is 1. The fraction of sp³-hybridized carbons (Fsp3) is 0.714. The Morgan fingerprint density at radius 3 is 2.69 bits per heavy atom. The summed E-state index contributed by atoms with van der Waals surface area (Å²) in [6.45, 7) is 10.2. The molecule has 1 aromatic rings. The highest BCUT2D eigenvalue weighted by atomic mass is 16.6. The number of hydrogen-bond donors (Lipinski definition) is 0. The zero-order chi connectivity index (χ0) is 18.7. The molecule has 1 aliphatic carbocycles. The summed E-state index contributed by atoms with van der Waals surface area (Å²) in [5.41, 5.74) is 0.673. The van der Waals surface area contributed by atoms with Gasteiger partial charge in [-0.05, 0) is 78.5 Å². The van der Waals surface area contributed by atoms with E-state index in [4.69, 9.17) is 4.74 Å². The van der Waals surface area contributed by atoms with Gasteiger partial charge in [-0.1, -0.05) is 13.0 Å². The van der Waals surface area contributed by atoms with Crippen molar-refractivity contribution in [3.8, 4) is 0 Å². The van der Waals surface area contributed by atoms with E-state index in [0.717, 1.165) is 51.0 Å². The second-order valence-electron chi connectivity index (χ2n) is 8.55. The van der Waals surface area contributed by atoms with E-state index < -0.39 is 5.60 Å². The molecule has 3 rings (SSSR count). The molecule has 5 heteroatoms. The summed E-state index contributed by atoms with van der Waals surface area (Å²) in [7, 11) is 0. The van der Waals surface area contributed by atoms with Crippen molar-refractivity contribution in [1.29, 1.82) is 0 Å². The van der Waals surface area contributed by atoms with Gasteiger partial charge in [-0.25, -0.2) is 9.78 Å². The topological polar surface area (TPSA) is 45.7 Å². The highest BCUT2D eigenvalue weighted by Crippen LogP contribution is 2.39. The van der Waals surface area contributed by atoms with Crippen LogP contribution in [0.25, 0.3) is 0 Å². The molecule has 1 atom stereocenters. The van der Waals surface area contributed by atoms with Crippen molar-refractivity contribution in [3.05, 3.63) is 23.9 Å². The molecule has 0 radical (unpaired) electrons. The minimum absolute atomic E-state index is 0.208. The summed E-state index contributed by atoms with van der Waals surface area (Å²) in [6, 6.07) is 4.70. The van der Waals surface area contributed by atoms with E-state index >= 15 is 0 Å². The lowest BCUT2D eigenvalue weighted by atomic mass is 9.91. The quantitative estimate of drug-likeness (QED) is 0.748. The number of ether oxygens (including phenoxy) is 1. The number of carbonyl (C=O) groups is 1. The number of rotatable bonds is 5. The fourth-order valence-electron chi connectivity index (χ4n) is 3.97. The van der Waals surface area contributed by atoms with Crippen molar-refractivity contribution in [3.63, 3.8) is 0 Å². The van der Waals surface area contributed by atoms with E-state index in [1.54, 1.807) is 6.20 Å².